The molecule has 64 heavy (non-hydrogen) atoms. The number of nitrogens with one attached hydrogen (secondary N) is 2. The van der Waals surface area contributed by atoms with Crippen LogP contribution in [0.5, 0.6) is 11.5 Å². The molecule has 3 aliphatic rings. The third-order valence-electron chi connectivity index (χ3n) is 11.6. The number of piperidine rings is 1. The number of anilines is 3. The molecule has 4 amide bonds. The normalized spacial score (nSPS) is 18.3. The number of ether oxygens (including phenoxy) is 5. The number of aromatic nitrogens is 2. The summed E-state index contributed by atoms with van der Waals surface area (Å²) in [5.41, 5.74) is 3.67. The van der Waals surface area contributed by atoms with E-state index in [1.54, 1.807) is 89.1 Å². The summed E-state index contributed by atoms with van der Waals surface area (Å²) in [7, 11) is 4.88. The second kappa shape index (κ2) is 20.7. The maximum absolute atomic E-state index is 14.2. The largest absolute Gasteiger partial charge is 0.493 e. The molecule has 0 aliphatic carbocycles. The molecule has 3 N–H and O–H groups in total. The number of hydrogen-bond acceptors (Lipinski definition) is 10. The van der Waals surface area contributed by atoms with E-state index in [1.165, 1.54) is 18.1 Å². The number of benzene rings is 2. The van der Waals surface area contributed by atoms with E-state index >= 15 is 0 Å². The molecule has 0 bridgehead atoms. The van der Waals surface area contributed by atoms with Gasteiger partial charge in [-0.05, 0) is 93.7 Å². The van der Waals surface area contributed by atoms with E-state index in [4.69, 9.17) is 23.7 Å². The number of amides is 4. The van der Waals surface area contributed by atoms with Gasteiger partial charge in [0.1, 0.15) is 18.0 Å². The van der Waals surface area contributed by atoms with Crippen LogP contribution in [0.4, 0.5) is 21.9 Å². The Morgan fingerprint density at radius 2 is 1.66 bits per heavy atom. The van der Waals surface area contributed by atoms with Gasteiger partial charge in [0.15, 0.2) is 24.0 Å². The first-order chi connectivity index (χ1) is 30.9. The molecule has 2 fully saturated rings. The summed E-state index contributed by atoms with van der Waals surface area (Å²) in [6, 6.07) is 13.1. The van der Waals surface area contributed by atoms with Crippen LogP contribution >= 0.6 is 0 Å². The van der Waals surface area contributed by atoms with E-state index < -0.39 is 30.6 Å². The third-order valence-corrected chi connectivity index (χ3v) is 11.6. The average molecular weight is 881 g/mol. The molecule has 2 unspecified atom stereocenters. The van der Waals surface area contributed by atoms with Crippen LogP contribution in [-0.4, -0.2) is 101 Å². The molecular formula is C47H56N6O11. The van der Waals surface area contributed by atoms with E-state index in [0.29, 0.717) is 79.5 Å². The second-order valence-electron chi connectivity index (χ2n) is 16.1. The zero-order valence-electron chi connectivity index (χ0n) is 36.5. The van der Waals surface area contributed by atoms with E-state index in [-0.39, 0.29) is 48.6 Å². The van der Waals surface area contributed by atoms with Crippen LogP contribution in [0, 0.1) is 0 Å². The van der Waals surface area contributed by atoms with E-state index in [1.807, 2.05) is 0 Å². The number of nitrogens with zero attached hydrogens (tertiary/aromatic N) is 4. The highest BCUT2D eigenvalue weighted by Crippen LogP contribution is 2.42. The van der Waals surface area contributed by atoms with Gasteiger partial charge in [-0.3, -0.25) is 14.4 Å². The fourth-order valence-corrected chi connectivity index (χ4v) is 8.39. The van der Waals surface area contributed by atoms with Gasteiger partial charge in [-0.25, -0.2) is 14.5 Å². The van der Waals surface area contributed by atoms with E-state index in [0.717, 1.165) is 36.8 Å². The van der Waals surface area contributed by atoms with Gasteiger partial charge in [0.25, 0.3) is 11.8 Å². The van der Waals surface area contributed by atoms with Crippen molar-refractivity contribution in [1.29, 1.82) is 0 Å². The third kappa shape index (κ3) is 10.4. The van der Waals surface area contributed by atoms with Gasteiger partial charge in [-0.1, -0.05) is 24.8 Å². The minimum atomic E-state index is -1.01. The van der Waals surface area contributed by atoms with Gasteiger partial charge >= 0.3 is 12.1 Å². The number of aromatic carboxylic acids is 1. The first kappa shape index (κ1) is 45.4. The Bertz CT molecular complexity index is 2350. The molecule has 2 saturated heterocycles. The summed E-state index contributed by atoms with van der Waals surface area (Å²) in [6.45, 7) is 4.99. The summed E-state index contributed by atoms with van der Waals surface area (Å²) in [4.78, 5) is 68.9. The van der Waals surface area contributed by atoms with E-state index in [9.17, 15) is 29.1 Å². The monoisotopic (exact) mass is 880 g/mol. The van der Waals surface area contributed by atoms with Crippen molar-refractivity contribution in [3.05, 3.63) is 90.5 Å². The number of rotatable bonds is 17. The quantitative estimate of drug-likeness (QED) is 0.0700. The number of carboxylic acids is 1. The zero-order valence-corrected chi connectivity index (χ0v) is 36.5. The molecule has 17 nitrogen and oxygen atoms in total. The smallest absolute Gasteiger partial charge is 0.416 e. The van der Waals surface area contributed by atoms with Crippen LogP contribution in [0.15, 0.2) is 73.6 Å². The lowest BCUT2D eigenvalue weighted by molar-refractivity contribution is -0.198. The molecule has 2 aromatic carbocycles. The first-order valence-electron chi connectivity index (χ1n) is 21.7. The summed E-state index contributed by atoms with van der Waals surface area (Å²) in [6.07, 6.45) is 9.72. The number of methoxy groups -OCH3 is 1. The molecule has 340 valence electrons. The van der Waals surface area contributed by atoms with Crippen molar-refractivity contribution in [2.75, 3.05) is 49.0 Å². The molecule has 3 aliphatic heterocycles. The van der Waals surface area contributed by atoms with Crippen molar-refractivity contribution >= 4 is 46.8 Å². The summed E-state index contributed by atoms with van der Waals surface area (Å²) < 4.78 is 33.3. The lowest BCUT2D eigenvalue weighted by atomic mass is 10.00. The predicted molar refractivity (Wildman–Crippen MR) is 238 cm³/mol. The van der Waals surface area contributed by atoms with Crippen LogP contribution < -0.4 is 25.0 Å². The first-order valence-corrected chi connectivity index (χ1v) is 21.7. The zero-order chi connectivity index (χ0) is 45.3. The highest BCUT2D eigenvalue weighted by Gasteiger charge is 2.47. The van der Waals surface area contributed by atoms with Crippen LogP contribution in [0.3, 0.4) is 0 Å². The molecule has 0 saturated carbocycles. The Kier molecular flexibility index (Phi) is 14.7. The van der Waals surface area contributed by atoms with Crippen LogP contribution in [-0.2, 0) is 33.1 Å². The van der Waals surface area contributed by atoms with E-state index in [2.05, 4.69) is 17.2 Å². The molecule has 17 heteroatoms. The van der Waals surface area contributed by atoms with Crippen LogP contribution in [0.2, 0.25) is 0 Å². The average Bonchev–Trinajstić information content (AvgIpc) is 3.85. The fraction of sp³-hybridized carbons (Fsp3) is 0.426. The minimum Gasteiger partial charge on any atom is -0.493 e. The van der Waals surface area contributed by atoms with Crippen LogP contribution in [0.25, 0.3) is 11.1 Å². The van der Waals surface area contributed by atoms with Crippen molar-refractivity contribution in [3.8, 4) is 22.6 Å². The molecule has 5 heterocycles. The molecular weight excluding hydrogens is 825 g/mol. The summed E-state index contributed by atoms with van der Waals surface area (Å²) in [5, 5.41) is 15.1. The highest BCUT2D eigenvalue weighted by molar-refractivity contribution is 6.06. The van der Waals surface area contributed by atoms with Gasteiger partial charge in [0.2, 0.25) is 5.91 Å². The van der Waals surface area contributed by atoms with Crippen LogP contribution in [0.1, 0.15) is 95.5 Å². The molecule has 2 aromatic heterocycles. The number of carboxylic acid groups (broad SMARTS) is 1. The summed E-state index contributed by atoms with van der Waals surface area (Å²) in [5.74, 6) is -1.14. The Balaban J connectivity index is 0.940. The van der Waals surface area contributed by atoms with Crippen molar-refractivity contribution in [1.82, 2.24) is 14.0 Å². The van der Waals surface area contributed by atoms with Gasteiger partial charge in [-0.2, -0.15) is 0 Å². The Morgan fingerprint density at radius 3 is 2.38 bits per heavy atom. The number of carbonyl (C=O) groups excluding carboxylic acids is 4. The van der Waals surface area contributed by atoms with Gasteiger partial charge < -0.3 is 53.5 Å². The molecule has 4 aromatic rings. The van der Waals surface area contributed by atoms with Crippen molar-refractivity contribution in [2.24, 2.45) is 14.1 Å². The number of fused-ring (bicyclic) bond motifs is 2. The minimum absolute atomic E-state index is 0.0332. The SMILES string of the molecule is C=CCOC(=O)N1c2cc(OCCCCCC(=O)Nc3cc(C(=O)Nc4ccc(-c5cc(C(=O)O)n(C)c5)cc4)n(C)c3)c(OC)cc2C(=O)N2CCCC[C@H]2C1OC1CCCCO1. The molecule has 0 radical (unpaired) electrons. The second-order valence-corrected chi connectivity index (χ2v) is 16.1. The maximum Gasteiger partial charge on any atom is 0.416 e. The lowest BCUT2D eigenvalue weighted by Crippen LogP contribution is -2.57. The number of unbranched alkanes of at least 4 members (excludes halogenated alkanes) is 2. The summed E-state index contributed by atoms with van der Waals surface area (Å²) >= 11 is 0. The van der Waals surface area contributed by atoms with Crippen molar-refractivity contribution in [2.45, 2.75) is 82.8 Å². The topological polar surface area (TPSA) is 192 Å². The Labute approximate surface area is 371 Å². The van der Waals surface area contributed by atoms with Crippen molar-refractivity contribution in [3.63, 3.8) is 0 Å². The van der Waals surface area contributed by atoms with Crippen molar-refractivity contribution < 1.29 is 52.8 Å². The maximum atomic E-state index is 14.2. The lowest BCUT2D eigenvalue weighted by Gasteiger charge is -2.42. The molecule has 0 spiro atoms. The standard InChI is InChI=1S/C47H56N6O11/c1-5-21-63-47(59)53-36-27-40(39(60-4)26-34(36)44(56)52-20-10-8-13-35(52)45(53)64-42-15-9-12-23-62-42)61-22-11-6-7-14-41(54)48-33-25-37(51(3)29-33)43(55)49-32-18-16-30(17-19-32)31-24-38(46(57)58)50(2)28-31/h5,16-19,24-29,35,42,45H,1,6-15,20-23H2,2-4H3,(H,48,54)(H,49,55)(H,57,58)/t35-,42?,45?/m0/s1. The van der Waals surface area contributed by atoms with Gasteiger partial charge in [0.05, 0.1) is 36.7 Å². The highest BCUT2D eigenvalue weighted by atomic mass is 16.7. The molecule has 7 rings (SSSR count). The number of hydrogen-bond donors (Lipinski definition) is 3. The Hall–Kier alpha value is -6.59. The number of carbonyl (C=O) groups is 5. The van der Waals surface area contributed by atoms with Gasteiger partial charge in [-0.15, -0.1) is 0 Å². The molecule has 3 atom stereocenters. The number of aryl methyl sites for hydroxylation is 2. The van der Waals surface area contributed by atoms with Gasteiger partial charge in [0, 0.05) is 63.4 Å². The fourth-order valence-electron chi connectivity index (χ4n) is 8.39. The predicted octanol–water partition coefficient (Wildman–Crippen LogP) is 7.57. The Morgan fingerprint density at radius 1 is 0.875 bits per heavy atom.